The standard InChI is InChI=1S/C17H14ClF3O4S/c1-9(16(22)23)24-14-8-11(4-6-15(14)26-2)25-13-5-3-10(7-12(13)18)17(19,20)21/h3-9H,1-2H3,(H,22,23). The Kier molecular flexibility index (Phi) is 6.30. The van der Waals surface area contributed by atoms with Gasteiger partial charge < -0.3 is 14.6 Å². The molecular weight excluding hydrogens is 393 g/mol. The van der Waals surface area contributed by atoms with Crippen molar-refractivity contribution in [2.24, 2.45) is 0 Å². The van der Waals surface area contributed by atoms with Gasteiger partial charge in [0.25, 0.3) is 0 Å². The van der Waals surface area contributed by atoms with Crippen molar-refractivity contribution in [1.82, 2.24) is 0 Å². The van der Waals surface area contributed by atoms with Crippen molar-refractivity contribution >= 4 is 29.3 Å². The Hall–Kier alpha value is -2.06. The second kappa shape index (κ2) is 8.09. The fourth-order valence-corrected chi connectivity index (χ4v) is 2.67. The predicted octanol–water partition coefficient (Wildman–Crippen LogP) is 5.72. The van der Waals surface area contributed by atoms with Gasteiger partial charge in [-0.1, -0.05) is 11.6 Å². The van der Waals surface area contributed by atoms with E-state index in [0.29, 0.717) is 4.90 Å². The minimum absolute atomic E-state index is 0.0359. The molecule has 1 N–H and O–H groups in total. The lowest BCUT2D eigenvalue weighted by molar-refractivity contribution is -0.144. The highest BCUT2D eigenvalue weighted by atomic mass is 35.5. The minimum Gasteiger partial charge on any atom is -0.479 e. The molecule has 0 radical (unpaired) electrons. The zero-order chi connectivity index (χ0) is 19.5. The first-order valence-electron chi connectivity index (χ1n) is 7.24. The van der Waals surface area contributed by atoms with E-state index < -0.39 is 23.8 Å². The molecule has 2 aromatic rings. The molecule has 1 unspecified atom stereocenters. The summed E-state index contributed by atoms with van der Waals surface area (Å²) >= 11 is 7.22. The number of rotatable bonds is 6. The lowest BCUT2D eigenvalue weighted by atomic mass is 10.2. The fourth-order valence-electron chi connectivity index (χ4n) is 1.94. The third-order valence-corrected chi connectivity index (χ3v) is 4.35. The molecule has 0 aliphatic rings. The molecule has 140 valence electrons. The monoisotopic (exact) mass is 406 g/mol. The summed E-state index contributed by atoms with van der Waals surface area (Å²) < 4.78 is 49.0. The third kappa shape index (κ3) is 4.98. The number of alkyl halides is 3. The largest absolute Gasteiger partial charge is 0.479 e. The Morgan fingerprint density at radius 2 is 1.88 bits per heavy atom. The average Bonchev–Trinajstić information content (AvgIpc) is 2.56. The van der Waals surface area contributed by atoms with Gasteiger partial charge in [0.2, 0.25) is 0 Å². The molecule has 0 fully saturated rings. The van der Waals surface area contributed by atoms with Crippen molar-refractivity contribution in [3.05, 3.63) is 47.0 Å². The van der Waals surface area contributed by atoms with Crippen LogP contribution in [0.5, 0.6) is 17.2 Å². The van der Waals surface area contributed by atoms with E-state index in [4.69, 9.17) is 26.2 Å². The van der Waals surface area contributed by atoms with Crippen LogP contribution >= 0.6 is 23.4 Å². The van der Waals surface area contributed by atoms with Crippen LogP contribution in [0.25, 0.3) is 0 Å². The number of carboxylic acids is 1. The van der Waals surface area contributed by atoms with E-state index in [1.54, 1.807) is 18.4 Å². The number of hydrogen-bond acceptors (Lipinski definition) is 4. The maximum Gasteiger partial charge on any atom is 0.416 e. The van der Waals surface area contributed by atoms with Crippen molar-refractivity contribution in [3.8, 4) is 17.2 Å². The fraction of sp³-hybridized carbons (Fsp3) is 0.235. The second-order valence-corrected chi connectivity index (χ2v) is 6.41. The molecule has 2 rings (SSSR count). The number of benzene rings is 2. The number of aliphatic carboxylic acids is 1. The molecule has 0 heterocycles. The van der Waals surface area contributed by atoms with Gasteiger partial charge in [-0.05, 0) is 43.5 Å². The van der Waals surface area contributed by atoms with Crippen LogP contribution in [0, 0.1) is 0 Å². The van der Waals surface area contributed by atoms with Crippen molar-refractivity contribution in [3.63, 3.8) is 0 Å². The van der Waals surface area contributed by atoms with E-state index in [9.17, 15) is 18.0 Å². The average molecular weight is 407 g/mol. The summed E-state index contributed by atoms with van der Waals surface area (Å²) in [4.78, 5) is 11.6. The first-order valence-corrected chi connectivity index (χ1v) is 8.84. The van der Waals surface area contributed by atoms with Gasteiger partial charge in [-0.15, -0.1) is 11.8 Å². The Labute approximate surface area is 156 Å². The van der Waals surface area contributed by atoms with E-state index >= 15 is 0 Å². The molecule has 1 atom stereocenters. The number of carbonyl (C=O) groups is 1. The molecule has 0 saturated carbocycles. The van der Waals surface area contributed by atoms with Crippen LogP contribution in [0.15, 0.2) is 41.3 Å². The molecule has 2 aromatic carbocycles. The maximum atomic E-state index is 12.7. The number of hydrogen-bond donors (Lipinski definition) is 1. The van der Waals surface area contributed by atoms with E-state index in [1.807, 2.05) is 0 Å². The summed E-state index contributed by atoms with van der Waals surface area (Å²) in [6.07, 6.45) is -3.79. The zero-order valence-electron chi connectivity index (χ0n) is 13.6. The molecule has 0 bridgehead atoms. The summed E-state index contributed by atoms with van der Waals surface area (Å²) in [5.74, 6) is -0.562. The van der Waals surface area contributed by atoms with Crippen LogP contribution in [-0.2, 0) is 11.0 Å². The Balaban J connectivity index is 2.28. The predicted molar refractivity (Wildman–Crippen MR) is 92.5 cm³/mol. The molecular formula is C17H14ClF3O4S. The third-order valence-electron chi connectivity index (χ3n) is 3.27. The van der Waals surface area contributed by atoms with E-state index in [1.165, 1.54) is 24.8 Å². The van der Waals surface area contributed by atoms with Gasteiger partial charge in [0, 0.05) is 11.0 Å². The topological polar surface area (TPSA) is 55.8 Å². The lowest BCUT2D eigenvalue weighted by Gasteiger charge is -2.16. The van der Waals surface area contributed by atoms with Crippen LogP contribution in [0.2, 0.25) is 5.02 Å². The quantitative estimate of drug-likeness (QED) is 0.621. The Bertz CT molecular complexity index is 811. The van der Waals surface area contributed by atoms with E-state index in [0.717, 1.165) is 18.2 Å². The summed E-state index contributed by atoms with van der Waals surface area (Å²) in [5.41, 5.74) is -0.883. The Morgan fingerprint density at radius 3 is 2.42 bits per heavy atom. The molecule has 0 aromatic heterocycles. The highest BCUT2D eigenvalue weighted by Gasteiger charge is 2.31. The lowest BCUT2D eigenvalue weighted by Crippen LogP contribution is -2.23. The van der Waals surface area contributed by atoms with Gasteiger partial charge in [0.05, 0.1) is 10.6 Å². The smallest absolute Gasteiger partial charge is 0.416 e. The highest BCUT2D eigenvalue weighted by molar-refractivity contribution is 7.98. The molecule has 0 aliphatic carbocycles. The van der Waals surface area contributed by atoms with E-state index in [2.05, 4.69) is 0 Å². The van der Waals surface area contributed by atoms with Crippen molar-refractivity contribution in [1.29, 1.82) is 0 Å². The number of carboxylic acid groups (broad SMARTS) is 1. The molecule has 0 spiro atoms. The number of ether oxygens (including phenoxy) is 2. The molecule has 4 nitrogen and oxygen atoms in total. The second-order valence-electron chi connectivity index (χ2n) is 5.16. The van der Waals surface area contributed by atoms with Crippen LogP contribution in [0.1, 0.15) is 12.5 Å². The first-order chi connectivity index (χ1) is 12.1. The normalized spacial score (nSPS) is 12.5. The molecule has 0 saturated heterocycles. The molecule has 0 aliphatic heterocycles. The van der Waals surface area contributed by atoms with Gasteiger partial charge in [-0.25, -0.2) is 4.79 Å². The van der Waals surface area contributed by atoms with Gasteiger partial charge in [-0.2, -0.15) is 13.2 Å². The van der Waals surface area contributed by atoms with Crippen molar-refractivity contribution in [2.45, 2.75) is 24.1 Å². The summed E-state index contributed by atoms with van der Waals surface area (Å²) in [6.45, 7) is 1.38. The Morgan fingerprint density at radius 1 is 1.19 bits per heavy atom. The van der Waals surface area contributed by atoms with Gasteiger partial charge in [0.1, 0.15) is 17.2 Å². The minimum atomic E-state index is -4.50. The molecule has 9 heteroatoms. The van der Waals surface area contributed by atoms with Gasteiger partial charge in [0.15, 0.2) is 6.10 Å². The maximum absolute atomic E-state index is 12.7. The molecule has 26 heavy (non-hydrogen) atoms. The summed E-state index contributed by atoms with van der Waals surface area (Å²) in [6, 6.07) is 7.45. The summed E-state index contributed by atoms with van der Waals surface area (Å²) in [5, 5.41) is 8.77. The van der Waals surface area contributed by atoms with Crippen LogP contribution in [0.4, 0.5) is 13.2 Å². The van der Waals surface area contributed by atoms with Gasteiger partial charge in [-0.3, -0.25) is 0 Å². The van der Waals surface area contributed by atoms with Crippen LogP contribution in [0.3, 0.4) is 0 Å². The van der Waals surface area contributed by atoms with E-state index in [-0.39, 0.29) is 22.3 Å². The zero-order valence-corrected chi connectivity index (χ0v) is 15.2. The van der Waals surface area contributed by atoms with Crippen molar-refractivity contribution < 1.29 is 32.5 Å². The van der Waals surface area contributed by atoms with Crippen LogP contribution in [-0.4, -0.2) is 23.4 Å². The van der Waals surface area contributed by atoms with Crippen molar-refractivity contribution in [2.75, 3.05) is 6.26 Å². The molecule has 0 amide bonds. The summed E-state index contributed by atoms with van der Waals surface area (Å²) in [7, 11) is 0. The number of thioether (sulfide) groups is 1. The SMILES string of the molecule is CSc1ccc(Oc2ccc(C(F)(F)F)cc2Cl)cc1OC(C)C(=O)O. The van der Waals surface area contributed by atoms with Gasteiger partial charge >= 0.3 is 12.1 Å². The van der Waals surface area contributed by atoms with Crippen LogP contribution < -0.4 is 9.47 Å². The number of halogens is 4. The highest BCUT2D eigenvalue weighted by Crippen LogP contribution is 2.38. The first kappa shape index (κ1) is 20.3.